The molecule has 1 aliphatic rings. The van der Waals surface area contributed by atoms with E-state index in [4.69, 9.17) is 0 Å². The highest BCUT2D eigenvalue weighted by molar-refractivity contribution is 5.89. The van der Waals surface area contributed by atoms with Crippen molar-refractivity contribution < 1.29 is 14.7 Å². The third-order valence-corrected chi connectivity index (χ3v) is 3.96. The summed E-state index contributed by atoms with van der Waals surface area (Å²) in [5.74, 6) is -0.457. The fourth-order valence-corrected chi connectivity index (χ4v) is 2.55. The first-order valence-electron chi connectivity index (χ1n) is 7.66. The maximum absolute atomic E-state index is 12.2. The number of likely N-dealkylation sites (tertiary alicyclic amines) is 1. The number of carbonyl (C=O) groups is 2. The lowest BCUT2D eigenvalue weighted by Gasteiger charge is -2.25. The molecule has 1 heterocycles. The van der Waals surface area contributed by atoms with Gasteiger partial charge in [-0.2, -0.15) is 0 Å². The molecule has 0 aromatic heterocycles. The normalized spacial score (nSPS) is 18.6. The van der Waals surface area contributed by atoms with Crippen LogP contribution in [0.4, 0.5) is 0 Å². The lowest BCUT2D eigenvalue weighted by Crippen LogP contribution is -2.49. The van der Waals surface area contributed by atoms with Crippen LogP contribution in [0.3, 0.4) is 0 Å². The van der Waals surface area contributed by atoms with Crippen LogP contribution in [0.2, 0.25) is 0 Å². The third-order valence-electron chi connectivity index (χ3n) is 3.96. The molecule has 5 heteroatoms. The van der Waals surface area contributed by atoms with Crippen LogP contribution in [0, 0.1) is 5.92 Å². The van der Waals surface area contributed by atoms with Crippen molar-refractivity contribution in [2.75, 3.05) is 19.7 Å². The van der Waals surface area contributed by atoms with Gasteiger partial charge in [-0.1, -0.05) is 30.3 Å². The molecule has 22 heavy (non-hydrogen) atoms. The summed E-state index contributed by atoms with van der Waals surface area (Å²) in [6.45, 7) is 4.48. The molecule has 0 radical (unpaired) electrons. The van der Waals surface area contributed by atoms with Gasteiger partial charge < -0.3 is 15.3 Å². The summed E-state index contributed by atoms with van der Waals surface area (Å²) in [7, 11) is 0. The van der Waals surface area contributed by atoms with Crippen molar-refractivity contribution in [2.45, 2.75) is 32.2 Å². The molecular weight excluding hydrogens is 280 g/mol. The molecule has 120 valence electrons. The first kappa shape index (κ1) is 16.5. The van der Waals surface area contributed by atoms with Gasteiger partial charge in [-0.15, -0.1) is 0 Å². The number of nitrogens with zero attached hydrogens (tertiary/aromatic N) is 1. The molecule has 1 aromatic carbocycles. The Morgan fingerprint density at radius 1 is 1.36 bits per heavy atom. The SMILES string of the molecule is CC(C)(CO)NC(=O)C1CC(=O)N(CCc2ccccc2)C1. The second-order valence-electron chi connectivity index (χ2n) is 6.51. The van der Waals surface area contributed by atoms with Crippen molar-refractivity contribution in [1.82, 2.24) is 10.2 Å². The molecule has 1 aliphatic heterocycles. The minimum Gasteiger partial charge on any atom is -0.394 e. The van der Waals surface area contributed by atoms with Crippen molar-refractivity contribution in [3.05, 3.63) is 35.9 Å². The lowest BCUT2D eigenvalue weighted by molar-refractivity contribution is -0.129. The van der Waals surface area contributed by atoms with E-state index in [-0.39, 0.29) is 30.8 Å². The molecule has 2 amide bonds. The van der Waals surface area contributed by atoms with Crippen LogP contribution in [-0.4, -0.2) is 47.1 Å². The Bertz CT molecular complexity index is 528. The zero-order chi connectivity index (χ0) is 16.2. The Balaban J connectivity index is 1.86. The average Bonchev–Trinajstić information content (AvgIpc) is 2.87. The highest BCUT2D eigenvalue weighted by atomic mass is 16.3. The largest absolute Gasteiger partial charge is 0.394 e. The monoisotopic (exact) mass is 304 g/mol. The van der Waals surface area contributed by atoms with Gasteiger partial charge in [-0.05, 0) is 25.8 Å². The second-order valence-corrected chi connectivity index (χ2v) is 6.51. The van der Waals surface area contributed by atoms with Crippen LogP contribution in [0.5, 0.6) is 0 Å². The molecule has 1 aromatic rings. The van der Waals surface area contributed by atoms with Crippen LogP contribution in [0.1, 0.15) is 25.8 Å². The number of amides is 2. The molecule has 1 fully saturated rings. The van der Waals surface area contributed by atoms with Crippen LogP contribution in [0.15, 0.2) is 30.3 Å². The number of carbonyl (C=O) groups excluding carboxylic acids is 2. The van der Waals surface area contributed by atoms with Gasteiger partial charge in [0, 0.05) is 19.5 Å². The first-order valence-corrected chi connectivity index (χ1v) is 7.66. The number of benzene rings is 1. The summed E-state index contributed by atoms with van der Waals surface area (Å²) >= 11 is 0. The molecule has 0 saturated carbocycles. The Kier molecular flexibility index (Phi) is 5.19. The van der Waals surface area contributed by atoms with E-state index in [1.165, 1.54) is 5.56 Å². The first-order chi connectivity index (χ1) is 10.4. The Morgan fingerprint density at radius 3 is 2.68 bits per heavy atom. The van der Waals surface area contributed by atoms with Crippen molar-refractivity contribution in [2.24, 2.45) is 5.92 Å². The molecule has 1 atom stereocenters. The van der Waals surface area contributed by atoms with Gasteiger partial charge in [0.15, 0.2) is 0 Å². The summed E-state index contributed by atoms with van der Waals surface area (Å²) in [5, 5.41) is 12.0. The highest BCUT2D eigenvalue weighted by Gasteiger charge is 2.35. The van der Waals surface area contributed by atoms with Crippen LogP contribution < -0.4 is 5.32 Å². The van der Waals surface area contributed by atoms with Crippen molar-refractivity contribution >= 4 is 11.8 Å². The number of rotatable bonds is 6. The van der Waals surface area contributed by atoms with E-state index in [1.54, 1.807) is 18.7 Å². The Hall–Kier alpha value is -1.88. The topological polar surface area (TPSA) is 69.6 Å². The van der Waals surface area contributed by atoms with E-state index in [2.05, 4.69) is 5.32 Å². The van der Waals surface area contributed by atoms with Gasteiger partial charge >= 0.3 is 0 Å². The number of aliphatic hydroxyl groups excluding tert-OH is 1. The van der Waals surface area contributed by atoms with E-state index >= 15 is 0 Å². The average molecular weight is 304 g/mol. The van der Waals surface area contributed by atoms with Crippen molar-refractivity contribution in [3.8, 4) is 0 Å². The molecule has 0 bridgehead atoms. The van der Waals surface area contributed by atoms with E-state index in [9.17, 15) is 14.7 Å². The molecule has 5 nitrogen and oxygen atoms in total. The van der Waals surface area contributed by atoms with E-state index in [0.717, 1.165) is 6.42 Å². The Morgan fingerprint density at radius 2 is 2.05 bits per heavy atom. The predicted octanol–water partition coefficient (Wildman–Crippen LogP) is 0.965. The number of hydrogen-bond acceptors (Lipinski definition) is 3. The molecule has 0 spiro atoms. The molecule has 1 unspecified atom stereocenters. The van der Waals surface area contributed by atoms with E-state index in [0.29, 0.717) is 13.1 Å². The van der Waals surface area contributed by atoms with Crippen LogP contribution >= 0.6 is 0 Å². The minimum absolute atomic E-state index is 0.0258. The number of nitrogens with one attached hydrogen (secondary N) is 1. The molecular formula is C17H24N2O3. The lowest BCUT2D eigenvalue weighted by atomic mass is 10.0. The summed E-state index contributed by atoms with van der Waals surface area (Å²) < 4.78 is 0. The Labute approximate surface area is 131 Å². The van der Waals surface area contributed by atoms with E-state index < -0.39 is 5.54 Å². The minimum atomic E-state index is -0.655. The maximum atomic E-state index is 12.2. The zero-order valence-electron chi connectivity index (χ0n) is 13.2. The van der Waals surface area contributed by atoms with Gasteiger partial charge in [0.25, 0.3) is 0 Å². The number of hydrogen-bond donors (Lipinski definition) is 2. The standard InChI is InChI=1S/C17H24N2O3/c1-17(2,12-20)18-16(22)14-10-15(21)19(11-14)9-8-13-6-4-3-5-7-13/h3-7,14,20H,8-12H2,1-2H3,(H,18,22). The van der Waals surface area contributed by atoms with Gasteiger partial charge in [-0.3, -0.25) is 9.59 Å². The molecule has 0 aliphatic carbocycles. The summed E-state index contributed by atoms with van der Waals surface area (Å²) in [6, 6.07) is 10.00. The number of aliphatic hydroxyl groups is 1. The van der Waals surface area contributed by atoms with Gasteiger partial charge in [0.1, 0.15) is 0 Å². The molecule has 2 rings (SSSR count). The van der Waals surface area contributed by atoms with E-state index in [1.807, 2.05) is 30.3 Å². The van der Waals surface area contributed by atoms with Crippen molar-refractivity contribution in [1.29, 1.82) is 0 Å². The molecule has 2 N–H and O–H groups in total. The smallest absolute Gasteiger partial charge is 0.225 e. The summed E-state index contributed by atoms with van der Waals surface area (Å²) in [6.07, 6.45) is 1.05. The highest BCUT2D eigenvalue weighted by Crippen LogP contribution is 2.19. The van der Waals surface area contributed by atoms with Crippen molar-refractivity contribution in [3.63, 3.8) is 0 Å². The quantitative estimate of drug-likeness (QED) is 0.822. The predicted molar refractivity (Wildman–Crippen MR) is 84.1 cm³/mol. The fraction of sp³-hybridized carbons (Fsp3) is 0.529. The molecule has 1 saturated heterocycles. The van der Waals surface area contributed by atoms with Gasteiger partial charge in [0.05, 0.1) is 18.1 Å². The summed E-state index contributed by atoms with van der Waals surface area (Å²) in [5.41, 5.74) is 0.530. The van der Waals surface area contributed by atoms with Gasteiger partial charge in [0.2, 0.25) is 11.8 Å². The van der Waals surface area contributed by atoms with Gasteiger partial charge in [-0.25, -0.2) is 0 Å². The van der Waals surface area contributed by atoms with Crippen LogP contribution in [0.25, 0.3) is 0 Å². The van der Waals surface area contributed by atoms with Crippen LogP contribution in [-0.2, 0) is 16.0 Å². The maximum Gasteiger partial charge on any atom is 0.225 e. The summed E-state index contributed by atoms with van der Waals surface area (Å²) in [4.78, 5) is 26.0. The third kappa shape index (κ3) is 4.31. The second kappa shape index (κ2) is 6.92. The fourth-order valence-electron chi connectivity index (χ4n) is 2.55. The zero-order valence-corrected chi connectivity index (χ0v) is 13.2.